The summed E-state index contributed by atoms with van der Waals surface area (Å²) in [5, 5.41) is 0. The van der Waals surface area contributed by atoms with Crippen molar-refractivity contribution in [2.75, 3.05) is 7.11 Å². The van der Waals surface area contributed by atoms with Gasteiger partial charge in [-0.25, -0.2) is 13.8 Å². The standard InChI is InChI=1S/C8H5F5INO2/c1-16-7-5(14)4(6(9)10)3(2-15-7)17-8(11,12)13/h2,6H,1H3. The van der Waals surface area contributed by atoms with E-state index in [1.807, 2.05) is 0 Å². The van der Waals surface area contributed by atoms with Crippen molar-refractivity contribution in [2.24, 2.45) is 0 Å². The van der Waals surface area contributed by atoms with Crippen LogP contribution in [0, 0.1) is 3.57 Å². The zero-order valence-electron chi connectivity index (χ0n) is 8.19. The van der Waals surface area contributed by atoms with E-state index < -0.39 is 24.1 Å². The van der Waals surface area contributed by atoms with Gasteiger partial charge < -0.3 is 9.47 Å². The van der Waals surface area contributed by atoms with E-state index in [9.17, 15) is 22.0 Å². The Morgan fingerprint density at radius 2 is 1.94 bits per heavy atom. The summed E-state index contributed by atoms with van der Waals surface area (Å²) in [6.45, 7) is 0. The Morgan fingerprint density at radius 1 is 1.35 bits per heavy atom. The van der Waals surface area contributed by atoms with Gasteiger partial charge in [0.05, 0.1) is 22.4 Å². The number of nitrogens with zero attached hydrogens (tertiary/aromatic N) is 1. The lowest BCUT2D eigenvalue weighted by Crippen LogP contribution is -2.19. The maximum absolute atomic E-state index is 12.6. The number of hydrogen-bond acceptors (Lipinski definition) is 3. The normalized spacial score (nSPS) is 11.8. The van der Waals surface area contributed by atoms with Crippen molar-refractivity contribution < 1.29 is 31.4 Å². The summed E-state index contributed by atoms with van der Waals surface area (Å²) in [5.41, 5.74) is -0.894. The number of aromatic nitrogens is 1. The third kappa shape index (κ3) is 3.54. The second kappa shape index (κ2) is 5.19. The number of pyridine rings is 1. The number of halogens is 6. The summed E-state index contributed by atoms with van der Waals surface area (Å²) in [6.07, 6.45) is -7.63. The summed E-state index contributed by atoms with van der Waals surface area (Å²) in [6, 6.07) is 0. The van der Waals surface area contributed by atoms with Gasteiger partial charge in [0.2, 0.25) is 5.88 Å². The van der Waals surface area contributed by atoms with E-state index >= 15 is 0 Å². The van der Waals surface area contributed by atoms with Gasteiger partial charge in [0, 0.05) is 0 Å². The van der Waals surface area contributed by atoms with Crippen molar-refractivity contribution in [2.45, 2.75) is 12.8 Å². The van der Waals surface area contributed by atoms with Crippen molar-refractivity contribution in [3.8, 4) is 11.6 Å². The third-order valence-corrected chi connectivity index (χ3v) is 2.67. The molecule has 17 heavy (non-hydrogen) atoms. The molecule has 9 heteroatoms. The average Bonchev–Trinajstić information content (AvgIpc) is 2.14. The fourth-order valence-corrected chi connectivity index (χ4v) is 1.88. The molecule has 0 aromatic carbocycles. The van der Waals surface area contributed by atoms with Crippen LogP contribution in [0.4, 0.5) is 22.0 Å². The van der Waals surface area contributed by atoms with E-state index in [0.29, 0.717) is 6.20 Å². The number of hydrogen-bond donors (Lipinski definition) is 0. The van der Waals surface area contributed by atoms with Crippen LogP contribution in [-0.4, -0.2) is 18.5 Å². The quantitative estimate of drug-likeness (QED) is 0.604. The van der Waals surface area contributed by atoms with E-state index in [1.54, 1.807) is 0 Å². The van der Waals surface area contributed by atoms with Crippen molar-refractivity contribution in [1.29, 1.82) is 0 Å². The Hall–Kier alpha value is -0.870. The van der Waals surface area contributed by atoms with Crippen molar-refractivity contribution in [1.82, 2.24) is 4.98 Å². The molecule has 0 atom stereocenters. The Labute approximate surface area is 106 Å². The molecule has 0 saturated heterocycles. The first-order valence-electron chi connectivity index (χ1n) is 4.02. The summed E-state index contributed by atoms with van der Waals surface area (Å²) in [7, 11) is 1.17. The summed E-state index contributed by atoms with van der Waals surface area (Å²) < 4.78 is 69.1. The molecule has 1 aromatic rings. The first-order chi connectivity index (χ1) is 7.76. The lowest BCUT2D eigenvalue weighted by atomic mass is 10.2. The predicted octanol–water partition coefficient (Wildman–Crippen LogP) is 3.53. The zero-order chi connectivity index (χ0) is 13.2. The Balaban J connectivity index is 3.27. The molecule has 0 spiro atoms. The number of rotatable bonds is 3. The summed E-state index contributed by atoms with van der Waals surface area (Å²) in [5.74, 6) is -1.21. The Kier molecular flexibility index (Phi) is 4.33. The molecule has 96 valence electrons. The van der Waals surface area contributed by atoms with Crippen LogP contribution in [-0.2, 0) is 0 Å². The maximum Gasteiger partial charge on any atom is 0.573 e. The molecule has 0 N–H and O–H groups in total. The molecule has 1 aromatic heterocycles. The molecule has 1 rings (SSSR count). The van der Waals surface area contributed by atoms with Crippen LogP contribution in [0.3, 0.4) is 0 Å². The second-order valence-electron chi connectivity index (χ2n) is 2.71. The van der Waals surface area contributed by atoms with Crippen LogP contribution in [0.1, 0.15) is 12.0 Å². The highest BCUT2D eigenvalue weighted by Gasteiger charge is 2.34. The van der Waals surface area contributed by atoms with Crippen LogP contribution in [0.15, 0.2) is 6.20 Å². The molecule has 0 bridgehead atoms. The maximum atomic E-state index is 12.6. The molecule has 0 radical (unpaired) electrons. The lowest BCUT2D eigenvalue weighted by Gasteiger charge is -2.15. The van der Waals surface area contributed by atoms with Crippen LogP contribution in [0.25, 0.3) is 0 Å². The fourth-order valence-electron chi connectivity index (χ4n) is 1.02. The summed E-state index contributed by atoms with van der Waals surface area (Å²) >= 11 is 1.42. The molecule has 0 fully saturated rings. The van der Waals surface area contributed by atoms with Crippen molar-refractivity contribution in [3.63, 3.8) is 0 Å². The van der Waals surface area contributed by atoms with Crippen LogP contribution in [0.2, 0.25) is 0 Å². The van der Waals surface area contributed by atoms with Gasteiger partial charge in [-0.15, -0.1) is 13.2 Å². The molecule has 1 heterocycles. The van der Waals surface area contributed by atoms with Crippen LogP contribution < -0.4 is 9.47 Å². The Bertz CT molecular complexity index is 410. The summed E-state index contributed by atoms with van der Waals surface area (Å²) in [4.78, 5) is 3.44. The molecular formula is C8H5F5INO2. The Morgan fingerprint density at radius 3 is 2.35 bits per heavy atom. The highest BCUT2D eigenvalue weighted by Crippen LogP contribution is 2.38. The first-order valence-corrected chi connectivity index (χ1v) is 5.10. The molecule has 0 amide bonds. The van der Waals surface area contributed by atoms with Gasteiger partial charge in [0.15, 0.2) is 5.75 Å². The highest BCUT2D eigenvalue weighted by atomic mass is 127. The van der Waals surface area contributed by atoms with Gasteiger partial charge >= 0.3 is 6.36 Å². The highest BCUT2D eigenvalue weighted by molar-refractivity contribution is 14.1. The van der Waals surface area contributed by atoms with Gasteiger partial charge in [-0.05, 0) is 22.6 Å². The zero-order valence-corrected chi connectivity index (χ0v) is 10.3. The second-order valence-corrected chi connectivity index (χ2v) is 3.79. The molecule has 0 aliphatic carbocycles. The topological polar surface area (TPSA) is 31.4 Å². The van der Waals surface area contributed by atoms with E-state index in [0.717, 1.165) is 0 Å². The fraction of sp³-hybridized carbons (Fsp3) is 0.375. The van der Waals surface area contributed by atoms with E-state index in [1.165, 1.54) is 29.7 Å². The molecule has 3 nitrogen and oxygen atoms in total. The molecule has 0 aliphatic heterocycles. The largest absolute Gasteiger partial charge is 0.573 e. The number of ether oxygens (including phenoxy) is 2. The predicted molar refractivity (Wildman–Crippen MR) is 55.1 cm³/mol. The SMILES string of the molecule is COc1ncc(OC(F)(F)F)c(C(F)F)c1I. The molecular weight excluding hydrogens is 364 g/mol. The lowest BCUT2D eigenvalue weighted by molar-refractivity contribution is -0.275. The van der Waals surface area contributed by atoms with Crippen LogP contribution >= 0.6 is 22.6 Å². The smallest absolute Gasteiger partial charge is 0.480 e. The minimum absolute atomic E-state index is 0.185. The van der Waals surface area contributed by atoms with Gasteiger partial charge in [-0.2, -0.15) is 0 Å². The van der Waals surface area contributed by atoms with Gasteiger partial charge in [0.25, 0.3) is 6.43 Å². The van der Waals surface area contributed by atoms with Crippen molar-refractivity contribution >= 4 is 22.6 Å². The van der Waals surface area contributed by atoms with Crippen molar-refractivity contribution in [3.05, 3.63) is 15.3 Å². The third-order valence-electron chi connectivity index (χ3n) is 1.63. The van der Waals surface area contributed by atoms with E-state index in [-0.39, 0.29) is 9.45 Å². The molecule has 0 saturated carbocycles. The minimum atomic E-state index is -5.05. The van der Waals surface area contributed by atoms with Gasteiger partial charge in [0.1, 0.15) is 0 Å². The van der Waals surface area contributed by atoms with Crippen LogP contribution in [0.5, 0.6) is 11.6 Å². The number of alkyl halides is 5. The number of methoxy groups -OCH3 is 1. The molecule has 0 aliphatic rings. The average molecular weight is 369 g/mol. The van der Waals surface area contributed by atoms with Gasteiger partial charge in [-0.1, -0.05) is 0 Å². The monoisotopic (exact) mass is 369 g/mol. The minimum Gasteiger partial charge on any atom is -0.480 e. The van der Waals surface area contributed by atoms with Gasteiger partial charge in [-0.3, -0.25) is 0 Å². The molecule has 0 unspecified atom stereocenters. The van der Waals surface area contributed by atoms with E-state index in [2.05, 4.69) is 14.5 Å². The first kappa shape index (κ1) is 14.2. The van der Waals surface area contributed by atoms with E-state index in [4.69, 9.17) is 0 Å².